The van der Waals surface area contributed by atoms with E-state index >= 15 is 0 Å². The third kappa shape index (κ3) is 6.02. The highest BCUT2D eigenvalue weighted by Gasteiger charge is 2.17. The van der Waals surface area contributed by atoms with E-state index in [1.165, 1.54) is 6.20 Å². The van der Waals surface area contributed by atoms with Gasteiger partial charge in [-0.2, -0.15) is 0 Å². The second-order valence-electron chi connectivity index (χ2n) is 8.63. The molecule has 1 aliphatic heterocycles. The van der Waals surface area contributed by atoms with Crippen molar-refractivity contribution in [3.63, 3.8) is 0 Å². The Hall–Kier alpha value is -4.31. The number of anilines is 2. The maximum atomic E-state index is 12.5. The van der Waals surface area contributed by atoms with Crippen molar-refractivity contribution in [1.29, 1.82) is 0 Å². The van der Waals surface area contributed by atoms with Gasteiger partial charge in [-0.05, 0) is 55.8 Å². The summed E-state index contributed by atoms with van der Waals surface area (Å²) < 4.78 is 5.47. The number of carbonyl (C=O) groups excluding carboxylic acids is 1. The summed E-state index contributed by atoms with van der Waals surface area (Å²) in [6.07, 6.45) is 8.01. The van der Waals surface area contributed by atoms with E-state index in [1.807, 2.05) is 25.1 Å². The van der Waals surface area contributed by atoms with Crippen LogP contribution in [0.2, 0.25) is 0 Å². The van der Waals surface area contributed by atoms with Crippen molar-refractivity contribution < 1.29 is 9.53 Å². The van der Waals surface area contributed by atoms with E-state index in [0.29, 0.717) is 53.5 Å². The molecular weight excluding hydrogens is 456 g/mol. The van der Waals surface area contributed by atoms with Gasteiger partial charge in [0.25, 0.3) is 0 Å². The Balaban J connectivity index is 1.25. The molecule has 0 unspecified atom stereocenters. The van der Waals surface area contributed by atoms with Gasteiger partial charge in [0.2, 0.25) is 0 Å². The molecule has 182 valence electrons. The lowest BCUT2D eigenvalue weighted by atomic mass is 10.1. The molecule has 0 saturated carbocycles. The van der Waals surface area contributed by atoms with E-state index in [2.05, 4.69) is 40.5 Å². The van der Waals surface area contributed by atoms with E-state index < -0.39 is 0 Å². The molecular formula is C26H26N8O2. The zero-order valence-corrected chi connectivity index (χ0v) is 19.9. The minimum absolute atomic E-state index is 0.366. The SMILES string of the molecule is Cc1cccc(-c2nccc(Nc3ccnc(Cc4cncc(C(=O)OC[C@@H]5CCNC5)c4)n3)n2)n1. The lowest BCUT2D eigenvalue weighted by Crippen LogP contribution is -2.17. The summed E-state index contributed by atoms with van der Waals surface area (Å²) >= 11 is 0. The first kappa shape index (κ1) is 23.4. The molecule has 36 heavy (non-hydrogen) atoms. The standard InChI is InChI=1S/C26H26N8O2/c1-17-3-2-4-21(31-17)25-30-10-7-23(34-25)32-22-6-9-29-24(33-22)12-19-11-20(15-28-14-19)26(35)36-16-18-5-8-27-13-18/h2-4,6-7,9-11,14-15,18,27H,5,8,12-13,16H2,1H3,(H,29,30,32,33,34)/t18-/m1/s1. The number of nitrogens with zero attached hydrogens (tertiary/aromatic N) is 6. The Morgan fingerprint density at radius 3 is 2.78 bits per heavy atom. The summed E-state index contributed by atoms with van der Waals surface area (Å²) in [5, 5.41) is 6.47. The number of ether oxygens (including phenoxy) is 1. The molecule has 1 atom stereocenters. The van der Waals surface area contributed by atoms with Crippen LogP contribution in [0.3, 0.4) is 0 Å². The molecule has 10 heteroatoms. The molecule has 0 amide bonds. The first-order valence-corrected chi connectivity index (χ1v) is 11.8. The van der Waals surface area contributed by atoms with Gasteiger partial charge in [0.05, 0.1) is 12.2 Å². The molecule has 5 heterocycles. The van der Waals surface area contributed by atoms with Crippen molar-refractivity contribution in [2.45, 2.75) is 19.8 Å². The average molecular weight is 483 g/mol. The van der Waals surface area contributed by atoms with Gasteiger partial charge in [-0.15, -0.1) is 0 Å². The summed E-state index contributed by atoms with van der Waals surface area (Å²) in [4.78, 5) is 39.0. The number of aryl methyl sites for hydroxylation is 1. The fourth-order valence-corrected chi connectivity index (χ4v) is 3.92. The average Bonchev–Trinajstić information content (AvgIpc) is 3.42. The molecule has 4 aromatic rings. The minimum atomic E-state index is -0.366. The Morgan fingerprint density at radius 2 is 1.94 bits per heavy atom. The number of aromatic nitrogens is 6. The van der Waals surface area contributed by atoms with Crippen LogP contribution in [0.25, 0.3) is 11.5 Å². The Kier molecular flexibility index (Phi) is 7.13. The number of hydrogen-bond acceptors (Lipinski definition) is 10. The number of carbonyl (C=O) groups is 1. The van der Waals surface area contributed by atoms with Crippen molar-refractivity contribution in [2.24, 2.45) is 5.92 Å². The van der Waals surface area contributed by atoms with Crippen LogP contribution in [-0.4, -0.2) is 55.6 Å². The van der Waals surface area contributed by atoms with Gasteiger partial charge >= 0.3 is 5.97 Å². The van der Waals surface area contributed by atoms with E-state index in [1.54, 1.807) is 36.8 Å². The van der Waals surface area contributed by atoms with Gasteiger partial charge in [-0.3, -0.25) is 4.98 Å². The zero-order chi connectivity index (χ0) is 24.7. The van der Waals surface area contributed by atoms with Crippen LogP contribution >= 0.6 is 0 Å². The number of rotatable bonds is 8. The van der Waals surface area contributed by atoms with Crippen molar-refractivity contribution in [1.82, 2.24) is 35.2 Å². The van der Waals surface area contributed by atoms with Crippen molar-refractivity contribution >= 4 is 17.6 Å². The van der Waals surface area contributed by atoms with Crippen molar-refractivity contribution in [3.05, 3.63) is 83.8 Å². The van der Waals surface area contributed by atoms with Crippen molar-refractivity contribution in [3.8, 4) is 11.5 Å². The molecule has 4 aromatic heterocycles. The predicted molar refractivity (Wildman–Crippen MR) is 134 cm³/mol. The molecule has 0 aliphatic carbocycles. The molecule has 0 bridgehead atoms. The monoisotopic (exact) mass is 482 g/mol. The van der Waals surface area contributed by atoms with Crippen LogP contribution in [0.1, 0.15) is 33.9 Å². The second-order valence-corrected chi connectivity index (χ2v) is 8.63. The maximum absolute atomic E-state index is 12.5. The van der Waals surface area contributed by atoms with Crippen LogP contribution < -0.4 is 10.6 Å². The first-order valence-electron chi connectivity index (χ1n) is 11.8. The molecule has 1 aliphatic rings. The van der Waals surface area contributed by atoms with E-state index in [-0.39, 0.29) is 5.97 Å². The van der Waals surface area contributed by atoms with Gasteiger partial charge < -0.3 is 15.4 Å². The van der Waals surface area contributed by atoms with Crippen LogP contribution in [0.5, 0.6) is 0 Å². The summed E-state index contributed by atoms with van der Waals surface area (Å²) in [6, 6.07) is 11.0. The lowest BCUT2D eigenvalue weighted by Gasteiger charge is -2.10. The quantitative estimate of drug-likeness (QED) is 0.362. The predicted octanol–water partition coefficient (Wildman–Crippen LogP) is 3.13. The number of nitrogens with one attached hydrogen (secondary N) is 2. The Bertz CT molecular complexity index is 1360. The third-order valence-corrected chi connectivity index (χ3v) is 5.74. The first-order chi connectivity index (χ1) is 17.6. The smallest absolute Gasteiger partial charge is 0.339 e. The summed E-state index contributed by atoms with van der Waals surface area (Å²) in [5.74, 6) is 2.30. The zero-order valence-electron chi connectivity index (χ0n) is 19.9. The van der Waals surface area contributed by atoms with Gasteiger partial charge in [0.15, 0.2) is 5.82 Å². The molecule has 1 saturated heterocycles. The topological polar surface area (TPSA) is 128 Å². The largest absolute Gasteiger partial charge is 0.462 e. The summed E-state index contributed by atoms with van der Waals surface area (Å²) in [7, 11) is 0. The number of hydrogen-bond donors (Lipinski definition) is 2. The van der Waals surface area contributed by atoms with E-state index in [4.69, 9.17) is 4.74 Å². The Labute approximate surface area is 208 Å². The summed E-state index contributed by atoms with van der Waals surface area (Å²) in [5.41, 5.74) is 2.84. The van der Waals surface area contributed by atoms with Crippen LogP contribution in [0, 0.1) is 12.8 Å². The molecule has 1 fully saturated rings. The number of pyridine rings is 2. The van der Waals surface area contributed by atoms with Gasteiger partial charge in [0, 0.05) is 49.4 Å². The van der Waals surface area contributed by atoms with E-state index in [9.17, 15) is 4.79 Å². The third-order valence-electron chi connectivity index (χ3n) is 5.74. The Morgan fingerprint density at radius 1 is 1.08 bits per heavy atom. The van der Waals surface area contributed by atoms with Crippen LogP contribution in [0.15, 0.2) is 61.2 Å². The maximum Gasteiger partial charge on any atom is 0.339 e. The highest BCUT2D eigenvalue weighted by Crippen LogP contribution is 2.18. The van der Waals surface area contributed by atoms with Crippen LogP contribution in [-0.2, 0) is 11.2 Å². The molecule has 10 nitrogen and oxygen atoms in total. The van der Waals surface area contributed by atoms with Gasteiger partial charge in [-0.1, -0.05) is 6.07 Å². The normalized spacial score (nSPS) is 15.0. The van der Waals surface area contributed by atoms with Gasteiger partial charge in [-0.25, -0.2) is 29.7 Å². The minimum Gasteiger partial charge on any atom is -0.462 e. The molecule has 5 rings (SSSR count). The molecule has 0 spiro atoms. The molecule has 2 N–H and O–H groups in total. The van der Waals surface area contributed by atoms with Crippen LogP contribution in [0.4, 0.5) is 11.6 Å². The fraction of sp³-hybridized carbons (Fsp3) is 0.269. The lowest BCUT2D eigenvalue weighted by molar-refractivity contribution is 0.0449. The van der Waals surface area contributed by atoms with Crippen molar-refractivity contribution in [2.75, 3.05) is 25.0 Å². The summed E-state index contributed by atoms with van der Waals surface area (Å²) in [6.45, 7) is 4.19. The number of esters is 1. The van der Waals surface area contributed by atoms with Gasteiger partial charge in [0.1, 0.15) is 23.2 Å². The highest BCUT2D eigenvalue weighted by molar-refractivity contribution is 5.89. The highest BCUT2D eigenvalue weighted by atomic mass is 16.5. The van der Waals surface area contributed by atoms with E-state index in [0.717, 1.165) is 30.8 Å². The molecule has 0 radical (unpaired) electrons. The molecule has 0 aromatic carbocycles. The fourth-order valence-electron chi connectivity index (χ4n) is 3.92. The second kappa shape index (κ2) is 11.0.